The Morgan fingerprint density at radius 2 is 2.00 bits per heavy atom. The van der Waals surface area contributed by atoms with Crippen LogP contribution in [0.1, 0.15) is 13.3 Å². The third-order valence-corrected chi connectivity index (χ3v) is 5.55. The van der Waals surface area contributed by atoms with Gasteiger partial charge < -0.3 is 15.4 Å². The topological polar surface area (TPSA) is 106 Å². The molecule has 2 atom stereocenters. The van der Waals surface area contributed by atoms with Crippen molar-refractivity contribution in [2.75, 3.05) is 17.7 Å². The summed E-state index contributed by atoms with van der Waals surface area (Å²) in [4.78, 5) is 12.2. The van der Waals surface area contributed by atoms with Gasteiger partial charge in [0.05, 0.1) is 12.3 Å². The van der Waals surface area contributed by atoms with Gasteiger partial charge in [0.25, 0.3) is 0 Å². The Bertz CT molecular complexity index is 965. The van der Waals surface area contributed by atoms with Crippen LogP contribution in [0, 0.1) is 0 Å². The minimum atomic E-state index is -0.361. The Morgan fingerprint density at radius 3 is 2.77 bits per heavy atom. The van der Waals surface area contributed by atoms with Crippen molar-refractivity contribution in [2.24, 2.45) is 0 Å². The Balaban J connectivity index is 1.35. The minimum absolute atomic E-state index is 0.00885. The van der Waals surface area contributed by atoms with Crippen LogP contribution < -0.4 is 20.7 Å². The molecule has 156 valence electrons. The van der Waals surface area contributed by atoms with Crippen LogP contribution in [0.15, 0.2) is 59.8 Å². The van der Waals surface area contributed by atoms with E-state index in [2.05, 4.69) is 31.5 Å². The maximum atomic E-state index is 12.2. The van der Waals surface area contributed by atoms with Crippen LogP contribution in [0.25, 0.3) is 5.69 Å². The van der Waals surface area contributed by atoms with Crippen molar-refractivity contribution in [3.05, 3.63) is 54.6 Å². The lowest BCUT2D eigenvalue weighted by Crippen LogP contribution is -2.60. The van der Waals surface area contributed by atoms with Gasteiger partial charge in [0.1, 0.15) is 5.75 Å². The molecule has 9 nitrogen and oxygen atoms in total. The van der Waals surface area contributed by atoms with Gasteiger partial charge in [-0.2, -0.15) is 4.68 Å². The summed E-state index contributed by atoms with van der Waals surface area (Å²) in [5.41, 5.74) is 1.78. The molecule has 0 radical (unpaired) electrons. The lowest BCUT2D eigenvalue weighted by Gasteiger charge is -2.32. The largest absolute Gasteiger partial charge is 0.494 e. The first-order valence-corrected chi connectivity index (χ1v) is 10.7. The number of ether oxygens (including phenoxy) is 1. The molecule has 3 aromatic rings. The number of carbonyl (C=O) groups is 1. The van der Waals surface area contributed by atoms with Gasteiger partial charge in [-0.3, -0.25) is 10.1 Å². The normalized spacial score (nSPS) is 18.6. The van der Waals surface area contributed by atoms with Crippen LogP contribution in [0.5, 0.6) is 5.75 Å². The molecule has 30 heavy (non-hydrogen) atoms. The van der Waals surface area contributed by atoms with Gasteiger partial charge in [0, 0.05) is 23.9 Å². The van der Waals surface area contributed by atoms with Crippen molar-refractivity contribution in [2.45, 2.75) is 30.8 Å². The van der Waals surface area contributed by atoms with E-state index in [4.69, 9.17) is 4.74 Å². The zero-order valence-electron chi connectivity index (χ0n) is 16.5. The number of anilines is 1. The molecule has 1 aliphatic heterocycles. The van der Waals surface area contributed by atoms with Crippen LogP contribution in [-0.4, -0.2) is 50.8 Å². The predicted octanol–water partition coefficient (Wildman–Crippen LogP) is 2.03. The number of rotatable bonds is 8. The molecule has 1 amide bonds. The van der Waals surface area contributed by atoms with E-state index < -0.39 is 0 Å². The molecule has 2 unspecified atom stereocenters. The first-order chi connectivity index (χ1) is 14.7. The second kappa shape index (κ2) is 9.59. The number of benzene rings is 2. The molecular formula is C20H23N7O2S. The number of nitrogens with zero attached hydrogens (tertiary/aromatic N) is 4. The molecule has 1 fully saturated rings. The molecule has 0 bridgehead atoms. The SMILES string of the molecule is CCOc1ccc(NC2NC(=O)CC(CSc3nnnn3-c3ccccc3)N2)cc1. The van der Waals surface area contributed by atoms with Gasteiger partial charge >= 0.3 is 0 Å². The van der Waals surface area contributed by atoms with E-state index >= 15 is 0 Å². The monoisotopic (exact) mass is 425 g/mol. The second-order valence-corrected chi connectivity index (χ2v) is 7.68. The average Bonchev–Trinajstić information content (AvgIpc) is 3.23. The highest BCUT2D eigenvalue weighted by atomic mass is 32.2. The number of amides is 1. The zero-order valence-corrected chi connectivity index (χ0v) is 17.3. The van der Waals surface area contributed by atoms with Crippen LogP contribution in [0.2, 0.25) is 0 Å². The molecule has 2 heterocycles. The van der Waals surface area contributed by atoms with E-state index in [1.165, 1.54) is 11.8 Å². The molecule has 0 aliphatic carbocycles. The van der Waals surface area contributed by atoms with Gasteiger partial charge in [0.15, 0.2) is 6.29 Å². The average molecular weight is 426 g/mol. The summed E-state index contributed by atoms with van der Waals surface area (Å²) in [5.74, 6) is 1.46. The van der Waals surface area contributed by atoms with Crippen molar-refractivity contribution in [3.8, 4) is 11.4 Å². The van der Waals surface area contributed by atoms with E-state index in [1.54, 1.807) is 4.68 Å². The fraction of sp³-hybridized carbons (Fsp3) is 0.300. The summed E-state index contributed by atoms with van der Waals surface area (Å²) in [6.45, 7) is 2.57. The minimum Gasteiger partial charge on any atom is -0.494 e. The molecular weight excluding hydrogens is 402 g/mol. The highest BCUT2D eigenvalue weighted by molar-refractivity contribution is 7.99. The van der Waals surface area contributed by atoms with Gasteiger partial charge in [-0.15, -0.1) is 5.10 Å². The van der Waals surface area contributed by atoms with Crippen molar-refractivity contribution >= 4 is 23.4 Å². The fourth-order valence-electron chi connectivity index (χ4n) is 3.12. The first-order valence-electron chi connectivity index (χ1n) is 9.72. The first kappa shape index (κ1) is 20.2. The summed E-state index contributed by atoms with van der Waals surface area (Å²) < 4.78 is 7.16. The van der Waals surface area contributed by atoms with Crippen LogP contribution in [0.3, 0.4) is 0 Å². The number of thioether (sulfide) groups is 1. The summed E-state index contributed by atoms with van der Waals surface area (Å²) in [5, 5.41) is 22.3. The van der Waals surface area contributed by atoms with Crippen molar-refractivity contribution < 1.29 is 9.53 Å². The number of aromatic nitrogens is 4. The Labute approximate surface area is 178 Å². The molecule has 0 saturated carbocycles. The fourth-order valence-corrected chi connectivity index (χ4v) is 4.04. The zero-order chi connectivity index (χ0) is 20.8. The summed E-state index contributed by atoms with van der Waals surface area (Å²) in [6.07, 6.45) is 0.0290. The van der Waals surface area contributed by atoms with Crippen LogP contribution >= 0.6 is 11.8 Å². The smallest absolute Gasteiger partial charge is 0.224 e. The van der Waals surface area contributed by atoms with E-state index in [-0.39, 0.29) is 18.2 Å². The van der Waals surface area contributed by atoms with Crippen LogP contribution in [-0.2, 0) is 4.79 Å². The highest BCUT2D eigenvalue weighted by Crippen LogP contribution is 2.21. The second-order valence-electron chi connectivity index (χ2n) is 6.69. The molecule has 4 rings (SSSR count). The lowest BCUT2D eigenvalue weighted by molar-refractivity contribution is -0.123. The highest BCUT2D eigenvalue weighted by Gasteiger charge is 2.26. The molecule has 2 aromatic carbocycles. The van der Waals surface area contributed by atoms with Crippen molar-refractivity contribution in [1.82, 2.24) is 30.8 Å². The molecule has 1 saturated heterocycles. The number of carbonyl (C=O) groups excluding carboxylic acids is 1. The van der Waals surface area contributed by atoms with E-state index in [0.717, 1.165) is 17.1 Å². The van der Waals surface area contributed by atoms with Gasteiger partial charge in [-0.25, -0.2) is 0 Å². The summed E-state index contributed by atoms with van der Waals surface area (Å²) >= 11 is 1.51. The Kier molecular flexibility index (Phi) is 6.45. The summed E-state index contributed by atoms with van der Waals surface area (Å²) in [6, 6.07) is 17.3. The Hall–Kier alpha value is -3.11. The quantitative estimate of drug-likeness (QED) is 0.471. The molecule has 1 aliphatic rings. The Morgan fingerprint density at radius 1 is 1.20 bits per heavy atom. The standard InChI is InChI=1S/C20H23N7O2S/c1-2-29-17-10-8-14(9-11-17)21-19-22-15(12-18(28)23-19)13-30-20-24-25-26-27(20)16-6-4-3-5-7-16/h3-11,15,19,21-22H,2,12-13H2,1H3,(H,23,28). The van der Waals surface area contributed by atoms with E-state index in [0.29, 0.717) is 23.9 Å². The van der Waals surface area contributed by atoms with Gasteiger partial charge in [-0.05, 0) is 53.7 Å². The molecule has 0 spiro atoms. The maximum absolute atomic E-state index is 12.2. The lowest BCUT2D eigenvalue weighted by atomic mass is 10.2. The summed E-state index contributed by atoms with van der Waals surface area (Å²) in [7, 11) is 0. The van der Waals surface area contributed by atoms with Gasteiger partial charge in [-0.1, -0.05) is 30.0 Å². The maximum Gasteiger partial charge on any atom is 0.224 e. The number of hydrogen-bond donors (Lipinski definition) is 3. The molecule has 10 heteroatoms. The van der Waals surface area contributed by atoms with Gasteiger partial charge in [0.2, 0.25) is 11.1 Å². The van der Waals surface area contributed by atoms with E-state index in [9.17, 15) is 4.79 Å². The van der Waals surface area contributed by atoms with E-state index in [1.807, 2.05) is 61.5 Å². The number of tetrazole rings is 1. The molecule has 1 aromatic heterocycles. The number of nitrogens with one attached hydrogen (secondary N) is 3. The van der Waals surface area contributed by atoms with Crippen molar-refractivity contribution in [3.63, 3.8) is 0 Å². The van der Waals surface area contributed by atoms with Crippen LogP contribution in [0.4, 0.5) is 5.69 Å². The molecule has 3 N–H and O–H groups in total. The predicted molar refractivity (Wildman–Crippen MR) is 115 cm³/mol. The third kappa shape index (κ3) is 5.08. The third-order valence-electron chi connectivity index (χ3n) is 4.47. The number of para-hydroxylation sites is 1. The van der Waals surface area contributed by atoms with Crippen molar-refractivity contribution in [1.29, 1.82) is 0 Å². The number of hydrogen-bond acceptors (Lipinski definition) is 8.